The lowest BCUT2D eigenvalue weighted by atomic mass is 9.96. The quantitative estimate of drug-likeness (QED) is 0.0604. The molecule has 3 amide bonds. The number of carboxylic acids is 1. The number of carboxylic acid groups (broad SMARTS) is 1. The number of guanidine groups is 1. The standard InChI is InChI=1S/C27H46N8O5/c1-3-17(2)22(25(38)33-20(26(39)40)13-9-15-32-27(30)31)35-24(37)21(16-18-10-5-4-6-11-18)34-23(36)19(29)12-7-8-14-28/h4-6,10-11,17,19-22H,3,7-9,12-16,28-29H2,1-2H3,(H,33,38)(H,34,36)(H,35,37)(H,39,40)(H4,30,31,32). The van der Waals surface area contributed by atoms with Gasteiger partial charge in [0, 0.05) is 13.0 Å². The summed E-state index contributed by atoms with van der Waals surface area (Å²) in [6.07, 6.45) is 2.94. The minimum absolute atomic E-state index is 0.0910. The molecule has 1 aromatic carbocycles. The second-order valence-electron chi connectivity index (χ2n) is 9.86. The third-order valence-corrected chi connectivity index (χ3v) is 6.57. The van der Waals surface area contributed by atoms with E-state index < -0.39 is 47.9 Å². The van der Waals surface area contributed by atoms with Gasteiger partial charge in [0.15, 0.2) is 5.96 Å². The number of carbonyl (C=O) groups is 4. The van der Waals surface area contributed by atoms with Gasteiger partial charge in [-0.2, -0.15) is 0 Å². The van der Waals surface area contributed by atoms with E-state index in [0.29, 0.717) is 32.2 Å². The Labute approximate surface area is 235 Å². The molecule has 0 bridgehead atoms. The number of nitrogens with zero attached hydrogens (tertiary/aromatic N) is 1. The van der Waals surface area contributed by atoms with Crippen LogP contribution in [0.3, 0.4) is 0 Å². The van der Waals surface area contributed by atoms with Crippen molar-refractivity contribution in [3.05, 3.63) is 35.9 Å². The van der Waals surface area contributed by atoms with Crippen molar-refractivity contribution in [3.63, 3.8) is 0 Å². The van der Waals surface area contributed by atoms with Gasteiger partial charge in [-0.3, -0.25) is 19.4 Å². The minimum atomic E-state index is -1.22. The molecule has 13 nitrogen and oxygen atoms in total. The summed E-state index contributed by atoms with van der Waals surface area (Å²) in [5, 5.41) is 17.6. The van der Waals surface area contributed by atoms with Crippen LogP contribution in [-0.2, 0) is 25.6 Å². The van der Waals surface area contributed by atoms with Crippen molar-refractivity contribution in [3.8, 4) is 0 Å². The minimum Gasteiger partial charge on any atom is -0.480 e. The third kappa shape index (κ3) is 12.9. The molecule has 1 aromatic rings. The highest BCUT2D eigenvalue weighted by atomic mass is 16.4. The summed E-state index contributed by atoms with van der Waals surface area (Å²) in [6.45, 7) is 4.33. The Morgan fingerprint density at radius 3 is 2.12 bits per heavy atom. The Morgan fingerprint density at radius 2 is 1.55 bits per heavy atom. The number of aliphatic carboxylic acids is 1. The summed E-state index contributed by atoms with van der Waals surface area (Å²) >= 11 is 0. The zero-order chi connectivity index (χ0) is 30.1. The molecular formula is C27H46N8O5. The molecule has 0 saturated heterocycles. The number of rotatable bonds is 19. The molecule has 5 atom stereocenters. The second kappa shape index (κ2) is 18.6. The van der Waals surface area contributed by atoms with E-state index in [1.807, 2.05) is 37.3 Å². The number of carbonyl (C=O) groups excluding carboxylic acids is 3. The molecule has 0 aromatic heterocycles. The number of hydrogen-bond donors (Lipinski definition) is 8. The summed E-state index contributed by atoms with van der Waals surface area (Å²) in [5.74, 6) is -3.35. The largest absolute Gasteiger partial charge is 0.480 e. The van der Waals surface area contributed by atoms with Crippen molar-refractivity contribution in [2.24, 2.45) is 33.8 Å². The first-order chi connectivity index (χ1) is 19.0. The van der Waals surface area contributed by atoms with Crippen LogP contribution in [0.5, 0.6) is 0 Å². The van der Waals surface area contributed by atoms with E-state index in [1.165, 1.54) is 0 Å². The fraction of sp³-hybridized carbons (Fsp3) is 0.593. The van der Waals surface area contributed by atoms with E-state index in [1.54, 1.807) is 6.92 Å². The van der Waals surface area contributed by atoms with Crippen LogP contribution in [0.4, 0.5) is 0 Å². The van der Waals surface area contributed by atoms with Crippen molar-refractivity contribution in [2.45, 2.75) is 83.0 Å². The van der Waals surface area contributed by atoms with E-state index in [4.69, 9.17) is 22.9 Å². The Morgan fingerprint density at radius 1 is 0.900 bits per heavy atom. The zero-order valence-electron chi connectivity index (χ0n) is 23.5. The van der Waals surface area contributed by atoms with E-state index in [9.17, 15) is 24.3 Å². The highest BCUT2D eigenvalue weighted by molar-refractivity contribution is 5.94. The van der Waals surface area contributed by atoms with Crippen LogP contribution >= 0.6 is 0 Å². The van der Waals surface area contributed by atoms with Gasteiger partial charge >= 0.3 is 5.97 Å². The molecule has 5 unspecified atom stereocenters. The van der Waals surface area contributed by atoms with Gasteiger partial charge in [-0.25, -0.2) is 4.79 Å². The van der Waals surface area contributed by atoms with Crippen LogP contribution in [0, 0.1) is 5.92 Å². The normalized spacial score (nSPS) is 14.6. The number of aliphatic imine (C=N–C) groups is 1. The van der Waals surface area contributed by atoms with Crippen molar-refractivity contribution >= 4 is 29.7 Å². The molecule has 12 N–H and O–H groups in total. The lowest BCUT2D eigenvalue weighted by molar-refractivity contribution is -0.143. The molecule has 13 heteroatoms. The maximum Gasteiger partial charge on any atom is 0.326 e. The van der Waals surface area contributed by atoms with Crippen molar-refractivity contribution in [1.82, 2.24) is 16.0 Å². The summed E-state index contributed by atoms with van der Waals surface area (Å²) < 4.78 is 0. The Kier molecular flexibility index (Phi) is 15.9. The lowest BCUT2D eigenvalue weighted by Crippen LogP contribution is -2.59. The molecule has 40 heavy (non-hydrogen) atoms. The van der Waals surface area contributed by atoms with Crippen LogP contribution in [0.25, 0.3) is 0 Å². The van der Waals surface area contributed by atoms with E-state index in [-0.39, 0.29) is 31.3 Å². The van der Waals surface area contributed by atoms with Crippen LogP contribution in [0.2, 0.25) is 0 Å². The van der Waals surface area contributed by atoms with Crippen LogP contribution in [0.15, 0.2) is 35.3 Å². The average molecular weight is 563 g/mol. The molecular weight excluding hydrogens is 516 g/mol. The van der Waals surface area contributed by atoms with Gasteiger partial charge in [-0.15, -0.1) is 0 Å². The first kappa shape index (κ1) is 34.3. The Balaban J connectivity index is 3.05. The van der Waals surface area contributed by atoms with Gasteiger partial charge in [-0.1, -0.05) is 57.0 Å². The first-order valence-corrected chi connectivity index (χ1v) is 13.7. The summed E-state index contributed by atoms with van der Waals surface area (Å²) in [4.78, 5) is 55.1. The fourth-order valence-corrected chi connectivity index (χ4v) is 3.96. The fourth-order valence-electron chi connectivity index (χ4n) is 3.96. The smallest absolute Gasteiger partial charge is 0.326 e. The van der Waals surface area contributed by atoms with Crippen LogP contribution < -0.4 is 38.9 Å². The predicted molar refractivity (Wildman–Crippen MR) is 154 cm³/mol. The SMILES string of the molecule is CCC(C)C(NC(=O)C(Cc1ccccc1)NC(=O)C(N)CCCCN)C(=O)NC(CCCN=C(N)N)C(=O)O. The maximum absolute atomic E-state index is 13.5. The molecule has 0 saturated carbocycles. The number of amides is 3. The van der Waals surface area contributed by atoms with E-state index >= 15 is 0 Å². The van der Waals surface area contributed by atoms with Gasteiger partial charge in [0.05, 0.1) is 6.04 Å². The maximum atomic E-state index is 13.5. The number of nitrogens with one attached hydrogen (secondary N) is 3. The molecule has 0 aliphatic heterocycles. The van der Waals surface area contributed by atoms with Gasteiger partial charge in [0.1, 0.15) is 18.1 Å². The zero-order valence-corrected chi connectivity index (χ0v) is 23.5. The average Bonchev–Trinajstić information content (AvgIpc) is 2.92. The molecule has 1 rings (SSSR count). The molecule has 0 fully saturated rings. The Hall–Kier alpha value is -3.71. The van der Waals surface area contributed by atoms with Crippen LogP contribution in [0.1, 0.15) is 57.9 Å². The number of nitrogens with two attached hydrogens (primary N) is 4. The summed E-state index contributed by atoms with van der Waals surface area (Å²) in [7, 11) is 0. The highest BCUT2D eigenvalue weighted by Gasteiger charge is 2.32. The summed E-state index contributed by atoms with van der Waals surface area (Å²) in [5.41, 5.74) is 23.0. The summed E-state index contributed by atoms with van der Waals surface area (Å²) in [6, 6.07) is 5.06. The van der Waals surface area contributed by atoms with Crippen LogP contribution in [-0.4, -0.2) is 72.0 Å². The molecule has 0 aliphatic rings. The lowest BCUT2D eigenvalue weighted by Gasteiger charge is -2.28. The first-order valence-electron chi connectivity index (χ1n) is 13.7. The number of unbranched alkanes of at least 4 members (excludes halogenated alkanes) is 1. The molecule has 0 spiro atoms. The van der Waals surface area contributed by atoms with Crippen molar-refractivity contribution < 1.29 is 24.3 Å². The predicted octanol–water partition coefficient (Wildman–Crippen LogP) is -0.676. The van der Waals surface area contributed by atoms with E-state index in [2.05, 4.69) is 20.9 Å². The van der Waals surface area contributed by atoms with Gasteiger partial charge in [0.25, 0.3) is 0 Å². The molecule has 0 aliphatic carbocycles. The van der Waals surface area contributed by atoms with Gasteiger partial charge < -0.3 is 44.0 Å². The Bertz CT molecular complexity index is 971. The van der Waals surface area contributed by atoms with Gasteiger partial charge in [-0.05, 0) is 43.7 Å². The van der Waals surface area contributed by atoms with Crippen molar-refractivity contribution in [2.75, 3.05) is 13.1 Å². The number of benzene rings is 1. The van der Waals surface area contributed by atoms with Crippen molar-refractivity contribution in [1.29, 1.82) is 0 Å². The third-order valence-electron chi connectivity index (χ3n) is 6.57. The van der Waals surface area contributed by atoms with Gasteiger partial charge in [0.2, 0.25) is 17.7 Å². The second-order valence-corrected chi connectivity index (χ2v) is 9.86. The topological polar surface area (TPSA) is 241 Å². The highest BCUT2D eigenvalue weighted by Crippen LogP contribution is 2.12. The molecule has 224 valence electrons. The number of hydrogen-bond acceptors (Lipinski definition) is 7. The molecule has 0 radical (unpaired) electrons. The molecule has 0 heterocycles. The monoisotopic (exact) mass is 562 g/mol. The van der Waals surface area contributed by atoms with E-state index in [0.717, 1.165) is 12.0 Å².